The predicted molar refractivity (Wildman–Crippen MR) is 83.8 cm³/mol. The van der Waals surface area contributed by atoms with Gasteiger partial charge < -0.3 is 4.74 Å². The summed E-state index contributed by atoms with van der Waals surface area (Å²) in [7, 11) is 0. The van der Waals surface area contributed by atoms with E-state index in [-0.39, 0.29) is 22.9 Å². The molecule has 1 aromatic rings. The van der Waals surface area contributed by atoms with Crippen LogP contribution in [0.5, 0.6) is 0 Å². The zero-order valence-corrected chi connectivity index (χ0v) is 13.7. The van der Waals surface area contributed by atoms with Gasteiger partial charge in [-0.05, 0) is 29.4 Å². The fourth-order valence-electron chi connectivity index (χ4n) is 1.94. The number of hydrogen-bond acceptors (Lipinski definition) is 2. The second kappa shape index (κ2) is 6.43. The summed E-state index contributed by atoms with van der Waals surface area (Å²) in [4.78, 5) is 12.3. The highest BCUT2D eigenvalue weighted by molar-refractivity contribution is 5.89. The van der Waals surface area contributed by atoms with Crippen molar-refractivity contribution in [3.63, 3.8) is 0 Å². The van der Waals surface area contributed by atoms with E-state index in [1.807, 2.05) is 18.2 Å². The van der Waals surface area contributed by atoms with Gasteiger partial charge in [0.25, 0.3) is 0 Å². The lowest BCUT2D eigenvalue weighted by molar-refractivity contribution is -0.0207. The molecule has 0 aliphatic carbocycles. The highest BCUT2D eigenvalue weighted by atomic mass is 16.5. The predicted octanol–water partition coefficient (Wildman–Crippen LogP) is 5.08. The van der Waals surface area contributed by atoms with Crippen LogP contribution in [-0.4, -0.2) is 12.1 Å². The molecule has 112 valence electrons. The van der Waals surface area contributed by atoms with Crippen LogP contribution in [0.1, 0.15) is 64.7 Å². The van der Waals surface area contributed by atoms with E-state index < -0.39 is 0 Å². The summed E-state index contributed by atoms with van der Waals surface area (Å²) < 4.78 is 5.80. The van der Waals surface area contributed by atoms with Crippen molar-refractivity contribution in [3.05, 3.63) is 35.9 Å². The summed E-state index contributed by atoms with van der Waals surface area (Å²) in [5.74, 6) is -0.225. The summed E-state index contributed by atoms with van der Waals surface area (Å²) in [5, 5.41) is 0. The number of hydrogen-bond donors (Lipinski definition) is 0. The van der Waals surface area contributed by atoms with E-state index in [0.717, 1.165) is 12.8 Å². The number of carbonyl (C=O) groups excluding carboxylic acids is 1. The first-order valence-corrected chi connectivity index (χ1v) is 7.42. The molecule has 0 spiro atoms. The van der Waals surface area contributed by atoms with Crippen molar-refractivity contribution in [1.82, 2.24) is 0 Å². The van der Waals surface area contributed by atoms with E-state index in [4.69, 9.17) is 4.74 Å². The quantitative estimate of drug-likeness (QED) is 0.701. The minimum absolute atomic E-state index is 0.0587. The van der Waals surface area contributed by atoms with Crippen molar-refractivity contribution in [1.29, 1.82) is 0 Å². The molecule has 1 unspecified atom stereocenters. The molecule has 1 rings (SSSR count). The van der Waals surface area contributed by atoms with Gasteiger partial charge in [0.1, 0.15) is 6.10 Å². The molecule has 0 bridgehead atoms. The topological polar surface area (TPSA) is 26.3 Å². The van der Waals surface area contributed by atoms with Crippen LogP contribution in [0.25, 0.3) is 0 Å². The Morgan fingerprint density at radius 3 is 2.10 bits per heavy atom. The average molecular weight is 276 g/mol. The molecule has 0 aromatic heterocycles. The number of esters is 1. The lowest BCUT2D eigenvalue weighted by Crippen LogP contribution is -2.35. The molecular formula is C18H28O2. The van der Waals surface area contributed by atoms with Crippen LogP contribution < -0.4 is 0 Å². The smallest absolute Gasteiger partial charge is 0.338 e. The Labute approximate surface area is 123 Å². The Hall–Kier alpha value is -1.31. The number of benzene rings is 1. The fourth-order valence-corrected chi connectivity index (χ4v) is 1.94. The highest BCUT2D eigenvalue weighted by Crippen LogP contribution is 2.35. The maximum atomic E-state index is 12.3. The Morgan fingerprint density at radius 2 is 1.65 bits per heavy atom. The summed E-state index contributed by atoms with van der Waals surface area (Å²) in [6, 6.07) is 9.22. The van der Waals surface area contributed by atoms with E-state index in [1.54, 1.807) is 12.1 Å². The molecule has 0 aliphatic heterocycles. The molecular weight excluding hydrogens is 248 g/mol. The largest absolute Gasteiger partial charge is 0.458 e. The highest BCUT2D eigenvalue weighted by Gasteiger charge is 2.33. The summed E-state index contributed by atoms with van der Waals surface area (Å²) in [5.41, 5.74) is 0.738. The Balaban J connectivity index is 2.84. The maximum absolute atomic E-state index is 12.3. The third-order valence-electron chi connectivity index (χ3n) is 3.92. The van der Waals surface area contributed by atoms with E-state index in [2.05, 4.69) is 41.5 Å². The zero-order valence-electron chi connectivity index (χ0n) is 13.7. The van der Waals surface area contributed by atoms with Gasteiger partial charge in [0.2, 0.25) is 0 Å². The average Bonchev–Trinajstić information content (AvgIpc) is 2.37. The summed E-state index contributed by atoms with van der Waals surface area (Å²) >= 11 is 0. The second-order valence-corrected chi connectivity index (χ2v) is 7.35. The first-order chi connectivity index (χ1) is 9.15. The van der Waals surface area contributed by atoms with Gasteiger partial charge in [0.05, 0.1) is 5.56 Å². The maximum Gasteiger partial charge on any atom is 0.338 e. The standard InChI is InChI=1S/C18H28O2/c1-7-18(5,6)13-15(17(2,3)4)20-16(19)14-11-9-8-10-12-14/h8-12,15H,7,13H2,1-6H3. The van der Waals surface area contributed by atoms with E-state index in [1.165, 1.54) is 0 Å². The van der Waals surface area contributed by atoms with Gasteiger partial charge >= 0.3 is 5.97 Å². The lowest BCUT2D eigenvalue weighted by atomic mass is 9.76. The third-order valence-corrected chi connectivity index (χ3v) is 3.92. The van der Waals surface area contributed by atoms with E-state index in [9.17, 15) is 4.79 Å². The van der Waals surface area contributed by atoms with E-state index in [0.29, 0.717) is 5.56 Å². The summed E-state index contributed by atoms with van der Waals surface area (Å²) in [6.07, 6.45) is 1.87. The van der Waals surface area contributed by atoms with Crippen LogP contribution in [-0.2, 0) is 4.74 Å². The van der Waals surface area contributed by atoms with Crippen molar-refractivity contribution < 1.29 is 9.53 Å². The first-order valence-electron chi connectivity index (χ1n) is 7.42. The Morgan fingerprint density at radius 1 is 1.10 bits per heavy atom. The molecule has 0 N–H and O–H groups in total. The minimum atomic E-state index is -0.225. The molecule has 0 amide bonds. The molecule has 0 fully saturated rings. The molecule has 0 radical (unpaired) electrons. The molecule has 2 heteroatoms. The molecule has 1 aromatic carbocycles. The molecule has 2 nitrogen and oxygen atoms in total. The van der Waals surface area contributed by atoms with Crippen LogP contribution in [0.4, 0.5) is 0 Å². The van der Waals surface area contributed by atoms with Crippen LogP contribution in [0.15, 0.2) is 30.3 Å². The van der Waals surface area contributed by atoms with Gasteiger partial charge in [-0.2, -0.15) is 0 Å². The SMILES string of the molecule is CCC(C)(C)CC(OC(=O)c1ccccc1)C(C)(C)C. The van der Waals surface area contributed by atoms with Crippen molar-refractivity contribution in [2.45, 2.75) is 60.5 Å². The summed E-state index contributed by atoms with van der Waals surface area (Å²) in [6.45, 7) is 13.0. The lowest BCUT2D eigenvalue weighted by Gasteiger charge is -2.36. The van der Waals surface area contributed by atoms with E-state index >= 15 is 0 Å². The molecule has 0 saturated carbocycles. The van der Waals surface area contributed by atoms with Crippen molar-refractivity contribution in [2.75, 3.05) is 0 Å². The van der Waals surface area contributed by atoms with Gasteiger partial charge in [-0.1, -0.05) is 66.2 Å². The zero-order chi connectivity index (χ0) is 15.4. The van der Waals surface area contributed by atoms with Gasteiger partial charge in [-0.25, -0.2) is 4.79 Å². The number of rotatable bonds is 5. The van der Waals surface area contributed by atoms with Crippen LogP contribution in [0.3, 0.4) is 0 Å². The normalized spacial score (nSPS) is 13.9. The molecule has 0 saturated heterocycles. The van der Waals surface area contributed by atoms with Gasteiger partial charge in [0, 0.05) is 0 Å². The Bertz CT molecular complexity index is 426. The van der Waals surface area contributed by atoms with Crippen molar-refractivity contribution >= 4 is 5.97 Å². The minimum Gasteiger partial charge on any atom is -0.458 e. The number of carbonyl (C=O) groups is 1. The Kier molecular flexibility index (Phi) is 5.38. The van der Waals surface area contributed by atoms with Crippen molar-refractivity contribution in [3.8, 4) is 0 Å². The molecule has 0 aliphatic rings. The fraction of sp³-hybridized carbons (Fsp3) is 0.611. The molecule has 0 heterocycles. The monoisotopic (exact) mass is 276 g/mol. The van der Waals surface area contributed by atoms with Crippen molar-refractivity contribution in [2.24, 2.45) is 10.8 Å². The second-order valence-electron chi connectivity index (χ2n) is 7.35. The third kappa shape index (κ3) is 4.99. The molecule has 20 heavy (non-hydrogen) atoms. The first kappa shape index (κ1) is 16.7. The van der Waals surface area contributed by atoms with Crippen LogP contribution >= 0.6 is 0 Å². The van der Waals surface area contributed by atoms with Gasteiger partial charge in [-0.15, -0.1) is 0 Å². The van der Waals surface area contributed by atoms with Gasteiger partial charge in [-0.3, -0.25) is 0 Å². The van der Waals surface area contributed by atoms with Crippen LogP contribution in [0.2, 0.25) is 0 Å². The number of ether oxygens (including phenoxy) is 1. The molecule has 1 atom stereocenters. The van der Waals surface area contributed by atoms with Gasteiger partial charge in [0.15, 0.2) is 0 Å². The van der Waals surface area contributed by atoms with Crippen LogP contribution in [0, 0.1) is 10.8 Å².